The number of hydrogen-bond donors (Lipinski definition) is 0. The summed E-state index contributed by atoms with van der Waals surface area (Å²) in [4.78, 5) is 2.51. The van der Waals surface area contributed by atoms with Crippen molar-refractivity contribution in [1.82, 2.24) is 0 Å². The summed E-state index contributed by atoms with van der Waals surface area (Å²) in [7, 11) is 0. The summed E-state index contributed by atoms with van der Waals surface area (Å²) >= 11 is 0. The Balaban J connectivity index is 0.923. The van der Waals surface area contributed by atoms with Crippen molar-refractivity contribution in [3.63, 3.8) is 0 Å². The van der Waals surface area contributed by atoms with Gasteiger partial charge in [-0.2, -0.15) is 0 Å². The van der Waals surface area contributed by atoms with Crippen LogP contribution in [0.4, 0.5) is 17.1 Å². The molecule has 1 nitrogen and oxygen atoms in total. The maximum absolute atomic E-state index is 2.51. The van der Waals surface area contributed by atoms with Crippen molar-refractivity contribution in [2.75, 3.05) is 4.90 Å². The topological polar surface area (TPSA) is 3.24 Å². The van der Waals surface area contributed by atoms with E-state index in [4.69, 9.17) is 0 Å². The molecule has 0 unspecified atom stereocenters. The Kier molecular flexibility index (Phi) is 10.1. The van der Waals surface area contributed by atoms with E-state index < -0.39 is 5.41 Å². The standard InChI is InChI=1S/C70H51N/c1-69(2)65-45-54(52-37-35-51(36-38-52)50-33-31-49(32-34-50)48-19-7-3-8-20-48)39-42-61(65)62-43-40-57(46-66(62)69)71(68-30-18-16-27-59(68)53-21-9-4-10-22-53)58-41-44-63-60-28-15-17-29-64(60)70(67(63)47-58,55-23-11-5-12-24-55)56-25-13-6-14-26-56/h3-47H,1-2H3. The highest BCUT2D eigenvalue weighted by Crippen LogP contribution is 2.58. The van der Waals surface area contributed by atoms with Crippen molar-refractivity contribution in [1.29, 1.82) is 0 Å². The third-order valence-corrected chi connectivity index (χ3v) is 15.4. The van der Waals surface area contributed by atoms with Gasteiger partial charge in [-0.1, -0.05) is 250 Å². The lowest BCUT2D eigenvalue weighted by Gasteiger charge is -2.35. The second-order valence-electron chi connectivity index (χ2n) is 19.6. The summed E-state index contributed by atoms with van der Waals surface area (Å²) in [5.41, 5.74) is 25.2. The van der Waals surface area contributed by atoms with Gasteiger partial charge >= 0.3 is 0 Å². The largest absolute Gasteiger partial charge is 0.310 e. The van der Waals surface area contributed by atoms with Gasteiger partial charge in [-0.05, 0) is 131 Å². The summed E-state index contributed by atoms with van der Waals surface area (Å²) in [5.74, 6) is 0. The van der Waals surface area contributed by atoms with Gasteiger partial charge in [-0.3, -0.25) is 0 Å². The van der Waals surface area contributed by atoms with Gasteiger partial charge in [0.1, 0.15) is 0 Å². The van der Waals surface area contributed by atoms with Crippen LogP contribution in [0, 0.1) is 0 Å². The molecule has 0 aliphatic heterocycles. The number of nitrogens with zero attached hydrogens (tertiary/aromatic N) is 1. The molecule has 1 heteroatoms. The minimum atomic E-state index is -0.525. The van der Waals surface area contributed by atoms with Gasteiger partial charge in [-0.15, -0.1) is 0 Å². The van der Waals surface area contributed by atoms with E-state index in [0.29, 0.717) is 0 Å². The lowest BCUT2D eigenvalue weighted by molar-refractivity contribution is 0.660. The zero-order valence-corrected chi connectivity index (χ0v) is 39.9. The molecule has 0 saturated carbocycles. The molecule has 71 heavy (non-hydrogen) atoms. The first-order valence-electron chi connectivity index (χ1n) is 24.8. The minimum Gasteiger partial charge on any atom is -0.310 e. The molecule has 13 rings (SSSR count). The number of hydrogen-bond acceptors (Lipinski definition) is 1. The van der Waals surface area contributed by atoms with Crippen LogP contribution in [-0.2, 0) is 10.8 Å². The monoisotopic (exact) mass is 905 g/mol. The minimum absolute atomic E-state index is 0.253. The normalized spacial score (nSPS) is 13.4. The molecule has 0 amide bonds. The van der Waals surface area contributed by atoms with Crippen LogP contribution in [0.15, 0.2) is 273 Å². The van der Waals surface area contributed by atoms with E-state index in [0.717, 1.165) is 17.1 Å². The quantitative estimate of drug-likeness (QED) is 0.139. The lowest BCUT2D eigenvalue weighted by atomic mass is 9.67. The molecule has 0 N–H and O–H groups in total. The molecule has 2 aliphatic carbocycles. The Hall–Kier alpha value is -8.78. The predicted octanol–water partition coefficient (Wildman–Crippen LogP) is 18.5. The Morgan fingerprint density at radius 2 is 0.620 bits per heavy atom. The molecule has 0 heterocycles. The van der Waals surface area contributed by atoms with Gasteiger partial charge < -0.3 is 4.90 Å². The maximum Gasteiger partial charge on any atom is 0.0714 e. The predicted molar refractivity (Wildman–Crippen MR) is 298 cm³/mol. The molecular weight excluding hydrogens is 855 g/mol. The second-order valence-corrected chi connectivity index (χ2v) is 19.6. The highest BCUT2D eigenvalue weighted by atomic mass is 15.1. The smallest absolute Gasteiger partial charge is 0.0714 e. The number of para-hydroxylation sites is 1. The molecule has 0 atom stereocenters. The molecule has 0 fully saturated rings. The third kappa shape index (κ3) is 6.91. The van der Waals surface area contributed by atoms with Gasteiger partial charge in [0.15, 0.2) is 0 Å². The summed E-state index contributed by atoms with van der Waals surface area (Å²) in [6, 6.07) is 101. The molecule has 0 saturated heterocycles. The fourth-order valence-electron chi connectivity index (χ4n) is 11.9. The zero-order valence-electron chi connectivity index (χ0n) is 39.9. The summed E-state index contributed by atoms with van der Waals surface area (Å²) in [6.45, 7) is 4.80. The third-order valence-electron chi connectivity index (χ3n) is 15.4. The SMILES string of the molecule is CC1(C)c2cc(-c3ccc(-c4ccc(-c5ccccc5)cc4)cc3)ccc2-c2ccc(N(c3ccc4c(c3)C(c3ccccc3)(c3ccccc3)c3ccccc3-4)c3ccccc3-c3ccccc3)cc21. The average Bonchev–Trinajstić information content (AvgIpc) is 3.86. The highest BCUT2D eigenvalue weighted by molar-refractivity contribution is 5.94. The summed E-state index contributed by atoms with van der Waals surface area (Å²) in [5, 5.41) is 0. The van der Waals surface area contributed by atoms with Crippen LogP contribution < -0.4 is 4.90 Å². The van der Waals surface area contributed by atoms with Crippen LogP contribution in [0.5, 0.6) is 0 Å². The fraction of sp³-hybridized carbons (Fsp3) is 0.0571. The van der Waals surface area contributed by atoms with Crippen LogP contribution in [0.3, 0.4) is 0 Å². The summed E-state index contributed by atoms with van der Waals surface area (Å²) in [6.07, 6.45) is 0. The molecule has 0 spiro atoms. The molecule has 11 aromatic carbocycles. The number of anilines is 3. The molecule has 0 aromatic heterocycles. The number of benzene rings is 11. The van der Waals surface area contributed by atoms with Gasteiger partial charge in [0.2, 0.25) is 0 Å². The first-order valence-corrected chi connectivity index (χ1v) is 24.8. The van der Waals surface area contributed by atoms with E-state index in [1.807, 2.05) is 0 Å². The van der Waals surface area contributed by atoms with Gasteiger partial charge in [0.25, 0.3) is 0 Å². The zero-order chi connectivity index (χ0) is 47.5. The first kappa shape index (κ1) is 42.3. The van der Waals surface area contributed by atoms with Crippen molar-refractivity contribution >= 4 is 17.1 Å². The van der Waals surface area contributed by atoms with Crippen LogP contribution in [-0.4, -0.2) is 0 Å². The Bertz CT molecular complexity index is 3700. The summed E-state index contributed by atoms with van der Waals surface area (Å²) < 4.78 is 0. The average molecular weight is 906 g/mol. The molecular formula is C70H51N. The van der Waals surface area contributed by atoms with Crippen molar-refractivity contribution in [2.45, 2.75) is 24.7 Å². The van der Waals surface area contributed by atoms with E-state index >= 15 is 0 Å². The van der Waals surface area contributed by atoms with E-state index in [2.05, 4.69) is 292 Å². The fourth-order valence-corrected chi connectivity index (χ4v) is 11.9. The van der Waals surface area contributed by atoms with Crippen LogP contribution in [0.1, 0.15) is 47.2 Å². The van der Waals surface area contributed by atoms with Crippen LogP contribution >= 0.6 is 0 Å². The van der Waals surface area contributed by atoms with E-state index in [9.17, 15) is 0 Å². The molecule has 0 radical (unpaired) electrons. The van der Waals surface area contributed by atoms with E-state index in [-0.39, 0.29) is 5.41 Å². The molecule has 0 bridgehead atoms. The number of rotatable bonds is 9. The Labute approximate surface area is 417 Å². The highest BCUT2D eigenvalue weighted by Gasteiger charge is 2.46. The van der Waals surface area contributed by atoms with Crippen molar-refractivity contribution in [2.24, 2.45) is 0 Å². The second kappa shape index (κ2) is 17.0. The lowest BCUT2D eigenvalue weighted by Crippen LogP contribution is -2.28. The van der Waals surface area contributed by atoms with Gasteiger partial charge in [0.05, 0.1) is 11.1 Å². The van der Waals surface area contributed by atoms with Crippen LogP contribution in [0.25, 0.3) is 66.8 Å². The number of fused-ring (bicyclic) bond motifs is 6. The van der Waals surface area contributed by atoms with Crippen molar-refractivity contribution < 1.29 is 0 Å². The van der Waals surface area contributed by atoms with E-state index in [1.165, 1.54) is 100 Å². The van der Waals surface area contributed by atoms with Gasteiger partial charge in [-0.25, -0.2) is 0 Å². The Morgan fingerprint density at radius 3 is 1.18 bits per heavy atom. The molecule has 2 aliphatic rings. The van der Waals surface area contributed by atoms with Crippen molar-refractivity contribution in [3.8, 4) is 66.8 Å². The molecule has 11 aromatic rings. The maximum atomic E-state index is 2.51. The first-order chi connectivity index (χ1) is 35.0. The Morgan fingerprint density at radius 1 is 0.254 bits per heavy atom. The molecule has 336 valence electrons. The van der Waals surface area contributed by atoms with E-state index in [1.54, 1.807) is 0 Å². The van der Waals surface area contributed by atoms with Gasteiger partial charge in [0, 0.05) is 22.4 Å². The van der Waals surface area contributed by atoms with Crippen molar-refractivity contribution in [3.05, 3.63) is 306 Å². The van der Waals surface area contributed by atoms with Crippen LogP contribution in [0.2, 0.25) is 0 Å².